The Kier molecular flexibility index (Phi) is 4.10. The Bertz CT molecular complexity index is 591. The molecule has 21 heavy (non-hydrogen) atoms. The molecule has 0 amide bonds. The fourth-order valence-electron chi connectivity index (χ4n) is 2.74. The molecular formula is C16H21N5. The molecule has 0 bridgehead atoms. The third-order valence-electron chi connectivity index (χ3n) is 4.03. The standard InChI is InChI=1S/C16H21N5/c1-12-9-15(21-7-4-13(10-17)5-8-21)20-16(19-12)14-3-2-6-18-11-14/h2-3,6,9,11,13H,4-5,7-8,10,17H2,1H3. The van der Waals surface area contributed by atoms with Crippen LogP contribution in [0.3, 0.4) is 0 Å². The fourth-order valence-corrected chi connectivity index (χ4v) is 2.74. The van der Waals surface area contributed by atoms with Gasteiger partial charge in [-0.25, -0.2) is 9.97 Å². The van der Waals surface area contributed by atoms with Crippen molar-refractivity contribution in [1.82, 2.24) is 15.0 Å². The smallest absolute Gasteiger partial charge is 0.163 e. The summed E-state index contributed by atoms with van der Waals surface area (Å²) >= 11 is 0. The fraction of sp³-hybridized carbons (Fsp3) is 0.438. The van der Waals surface area contributed by atoms with Gasteiger partial charge < -0.3 is 10.6 Å². The molecule has 3 rings (SSSR count). The van der Waals surface area contributed by atoms with Crippen molar-refractivity contribution in [1.29, 1.82) is 0 Å². The van der Waals surface area contributed by atoms with Gasteiger partial charge >= 0.3 is 0 Å². The zero-order valence-electron chi connectivity index (χ0n) is 12.4. The summed E-state index contributed by atoms with van der Waals surface area (Å²) in [6.45, 7) is 4.84. The molecule has 3 heterocycles. The molecule has 0 radical (unpaired) electrons. The molecule has 0 saturated carbocycles. The first-order valence-corrected chi connectivity index (χ1v) is 7.47. The first-order valence-electron chi connectivity index (χ1n) is 7.47. The molecule has 110 valence electrons. The van der Waals surface area contributed by atoms with Crippen molar-refractivity contribution in [3.8, 4) is 11.4 Å². The predicted molar refractivity (Wildman–Crippen MR) is 84.0 cm³/mol. The summed E-state index contributed by atoms with van der Waals surface area (Å²) in [4.78, 5) is 15.7. The van der Waals surface area contributed by atoms with Gasteiger partial charge in [0.15, 0.2) is 5.82 Å². The number of pyridine rings is 1. The Morgan fingerprint density at radius 2 is 2.10 bits per heavy atom. The van der Waals surface area contributed by atoms with E-state index >= 15 is 0 Å². The zero-order chi connectivity index (χ0) is 14.7. The first-order chi connectivity index (χ1) is 10.3. The van der Waals surface area contributed by atoms with Crippen molar-refractivity contribution in [2.45, 2.75) is 19.8 Å². The lowest BCUT2D eigenvalue weighted by molar-refractivity contribution is 0.413. The highest BCUT2D eigenvalue weighted by Crippen LogP contribution is 2.24. The molecule has 2 aromatic heterocycles. The van der Waals surface area contributed by atoms with Gasteiger partial charge in [0.25, 0.3) is 0 Å². The van der Waals surface area contributed by atoms with Crippen molar-refractivity contribution in [3.05, 3.63) is 36.3 Å². The Morgan fingerprint density at radius 3 is 2.76 bits per heavy atom. The molecule has 5 heteroatoms. The van der Waals surface area contributed by atoms with Crippen LogP contribution in [0.1, 0.15) is 18.5 Å². The number of rotatable bonds is 3. The number of piperidine rings is 1. The van der Waals surface area contributed by atoms with Crippen LogP contribution in [0.4, 0.5) is 5.82 Å². The zero-order valence-corrected chi connectivity index (χ0v) is 12.4. The predicted octanol–water partition coefficient (Wildman–Crippen LogP) is 2.02. The first kappa shape index (κ1) is 13.9. The Balaban J connectivity index is 1.85. The lowest BCUT2D eigenvalue weighted by Gasteiger charge is -2.32. The summed E-state index contributed by atoms with van der Waals surface area (Å²) in [5, 5.41) is 0. The van der Waals surface area contributed by atoms with Crippen LogP contribution in [0.15, 0.2) is 30.6 Å². The van der Waals surface area contributed by atoms with Crippen LogP contribution >= 0.6 is 0 Å². The topological polar surface area (TPSA) is 67.9 Å². The van der Waals surface area contributed by atoms with Gasteiger partial charge in [0.05, 0.1) is 0 Å². The van der Waals surface area contributed by atoms with Gasteiger partial charge in [0, 0.05) is 42.8 Å². The van der Waals surface area contributed by atoms with Gasteiger partial charge in [-0.3, -0.25) is 4.98 Å². The van der Waals surface area contributed by atoms with Crippen LogP contribution in [-0.2, 0) is 0 Å². The number of hydrogen-bond donors (Lipinski definition) is 1. The second kappa shape index (κ2) is 6.18. The number of nitrogens with zero attached hydrogens (tertiary/aromatic N) is 4. The molecule has 2 N–H and O–H groups in total. The van der Waals surface area contributed by atoms with Gasteiger partial charge in [0.2, 0.25) is 0 Å². The number of anilines is 1. The summed E-state index contributed by atoms with van der Waals surface area (Å²) < 4.78 is 0. The molecule has 1 aliphatic rings. The molecule has 0 aromatic carbocycles. The molecule has 0 aliphatic carbocycles. The van der Waals surface area contributed by atoms with Gasteiger partial charge in [-0.15, -0.1) is 0 Å². The Hall–Kier alpha value is -2.01. The molecule has 5 nitrogen and oxygen atoms in total. The minimum atomic E-state index is 0.655. The summed E-state index contributed by atoms with van der Waals surface area (Å²) in [6, 6.07) is 5.96. The van der Waals surface area contributed by atoms with Crippen LogP contribution in [0.25, 0.3) is 11.4 Å². The summed E-state index contributed by atoms with van der Waals surface area (Å²) in [5.41, 5.74) is 7.70. The van der Waals surface area contributed by atoms with Crippen molar-refractivity contribution >= 4 is 5.82 Å². The number of aromatic nitrogens is 3. The van der Waals surface area contributed by atoms with Gasteiger partial charge in [0.1, 0.15) is 5.82 Å². The van der Waals surface area contributed by atoms with Gasteiger partial charge in [-0.2, -0.15) is 0 Å². The van der Waals surface area contributed by atoms with Crippen LogP contribution in [-0.4, -0.2) is 34.6 Å². The molecule has 1 saturated heterocycles. The molecule has 1 fully saturated rings. The van der Waals surface area contributed by atoms with Crippen LogP contribution in [0, 0.1) is 12.8 Å². The van der Waals surface area contributed by atoms with E-state index in [1.54, 1.807) is 12.4 Å². The SMILES string of the molecule is Cc1cc(N2CCC(CN)CC2)nc(-c2cccnc2)n1. The summed E-state index contributed by atoms with van der Waals surface area (Å²) in [7, 11) is 0. The Labute approximate surface area is 125 Å². The van der Waals surface area contributed by atoms with Gasteiger partial charge in [-0.05, 0) is 44.4 Å². The second-order valence-corrected chi connectivity index (χ2v) is 5.60. The average molecular weight is 283 g/mol. The summed E-state index contributed by atoms with van der Waals surface area (Å²) in [5.74, 6) is 2.41. The van der Waals surface area contributed by atoms with Crippen molar-refractivity contribution < 1.29 is 0 Å². The lowest BCUT2D eigenvalue weighted by atomic mass is 9.97. The third kappa shape index (κ3) is 3.19. The van der Waals surface area contributed by atoms with Crippen molar-refractivity contribution in [2.24, 2.45) is 11.7 Å². The van der Waals surface area contributed by atoms with Crippen molar-refractivity contribution in [2.75, 3.05) is 24.5 Å². The van der Waals surface area contributed by atoms with E-state index in [1.807, 2.05) is 19.1 Å². The van der Waals surface area contributed by atoms with E-state index in [1.165, 1.54) is 0 Å². The average Bonchev–Trinajstić information content (AvgIpc) is 2.55. The highest BCUT2D eigenvalue weighted by Gasteiger charge is 2.20. The minimum absolute atomic E-state index is 0.655. The third-order valence-corrected chi connectivity index (χ3v) is 4.03. The van der Waals surface area contributed by atoms with E-state index in [0.717, 1.165) is 55.4 Å². The normalized spacial score (nSPS) is 16.2. The number of nitrogens with two attached hydrogens (primary N) is 1. The second-order valence-electron chi connectivity index (χ2n) is 5.60. The van der Waals surface area contributed by atoms with Gasteiger partial charge in [-0.1, -0.05) is 0 Å². The quantitative estimate of drug-likeness (QED) is 0.933. The van der Waals surface area contributed by atoms with E-state index in [4.69, 9.17) is 10.7 Å². The molecular weight excluding hydrogens is 262 g/mol. The monoisotopic (exact) mass is 283 g/mol. The van der Waals surface area contributed by atoms with E-state index in [0.29, 0.717) is 5.92 Å². The molecule has 0 spiro atoms. The minimum Gasteiger partial charge on any atom is -0.356 e. The maximum absolute atomic E-state index is 5.76. The molecule has 0 atom stereocenters. The van der Waals surface area contributed by atoms with E-state index in [2.05, 4.69) is 20.9 Å². The Morgan fingerprint density at radius 1 is 1.29 bits per heavy atom. The molecule has 2 aromatic rings. The van der Waals surface area contributed by atoms with E-state index in [-0.39, 0.29) is 0 Å². The highest BCUT2D eigenvalue weighted by atomic mass is 15.2. The largest absolute Gasteiger partial charge is 0.356 e. The van der Waals surface area contributed by atoms with Crippen molar-refractivity contribution in [3.63, 3.8) is 0 Å². The number of aryl methyl sites for hydroxylation is 1. The van der Waals surface area contributed by atoms with Crippen LogP contribution < -0.4 is 10.6 Å². The van der Waals surface area contributed by atoms with E-state index < -0.39 is 0 Å². The van der Waals surface area contributed by atoms with Crippen LogP contribution in [0.2, 0.25) is 0 Å². The molecule has 0 unspecified atom stereocenters. The van der Waals surface area contributed by atoms with Crippen LogP contribution in [0.5, 0.6) is 0 Å². The van der Waals surface area contributed by atoms with E-state index in [9.17, 15) is 0 Å². The summed E-state index contributed by atoms with van der Waals surface area (Å²) in [6.07, 6.45) is 5.85. The maximum atomic E-state index is 5.76. The molecule has 1 aliphatic heterocycles. The number of hydrogen-bond acceptors (Lipinski definition) is 5. The highest BCUT2D eigenvalue weighted by molar-refractivity contribution is 5.56. The lowest BCUT2D eigenvalue weighted by Crippen LogP contribution is -2.36. The maximum Gasteiger partial charge on any atom is 0.163 e.